The molecule has 3 aliphatic carbocycles. The zero-order chi connectivity index (χ0) is 34.8. The Morgan fingerprint density at radius 1 is 0.898 bits per heavy atom. The number of hydrogen-bond donors (Lipinski definition) is 3. The maximum atomic E-state index is 14.1. The lowest BCUT2D eigenvalue weighted by molar-refractivity contribution is -0.199. The Hall–Kier alpha value is -4.15. The van der Waals surface area contributed by atoms with E-state index >= 15 is 0 Å². The number of Topliss-reactive ketones (excluding diaryl/α,β-unsaturated/α-hetero) is 1. The van der Waals surface area contributed by atoms with Gasteiger partial charge in [0, 0.05) is 24.2 Å². The number of anilines is 1. The summed E-state index contributed by atoms with van der Waals surface area (Å²) in [6, 6.07) is 24.9. The number of amides is 3. The van der Waals surface area contributed by atoms with Gasteiger partial charge in [-0.2, -0.15) is 0 Å². The van der Waals surface area contributed by atoms with Gasteiger partial charge in [-0.05, 0) is 97.9 Å². The molecule has 7 rings (SSSR count). The van der Waals surface area contributed by atoms with Gasteiger partial charge in [0.2, 0.25) is 5.91 Å². The standard InChI is InChI=1S/C39H48BN3O6/c1-25(2)20-35(40-48-34-23-28-22-33(38(28,3)4)39(34,5)49-40)43-36(45)27(24-41-37(46)42-29-12-8-6-9-13-29)21-32(44)26-16-18-31(19-17-26)47-30-14-10-7-11-15-30/h6-19,25,27-28,33-35H,20-24H2,1-5H3,(H,43,45)(H2,41,42,46)/t27-,28+,33+,34+,35-,39-/m0/s1. The Kier molecular flexibility index (Phi) is 10.2. The fraction of sp³-hybridized carbons (Fsp3) is 0.462. The summed E-state index contributed by atoms with van der Waals surface area (Å²) in [6.07, 6.45) is 2.61. The van der Waals surface area contributed by atoms with Gasteiger partial charge in [-0.15, -0.1) is 0 Å². The molecule has 0 spiro atoms. The average Bonchev–Trinajstić information content (AvgIpc) is 3.44. The minimum absolute atomic E-state index is 0.0181. The Bertz CT molecular complexity index is 1620. The van der Waals surface area contributed by atoms with Gasteiger partial charge in [0.25, 0.3) is 0 Å². The first-order valence-corrected chi connectivity index (χ1v) is 17.5. The van der Waals surface area contributed by atoms with Crippen LogP contribution in [0.4, 0.5) is 10.5 Å². The first-order valence-electron chi connectivity index (χ1n) is 17.5. The van der Waals surface area contributed by atoms with Gasteiger partial charge < -0.3 is 30.0 Å². The highest BCUT2D eigenvalue weighted by Gasteiger charge is 2.68. The van der Waals surface area contributed by atoms with Gasteiger partial charge in [0.1, 0.15) is 11.5 Å². The van der Waals surface area contributed by atoms with Crippen LogP contribution in [0.25, 0.3) is 0 Å². The molecule has 1 aliphatic heterocycles. The summed E-state index contributed by atoms with van der Waals surface area (Å²) in [5.74, 6) is 0.744. The lowest BCUT2D eigenvalue weighted by atomic mass is 9.43. The van der Waals surface area contributed by atoms with Crippen molar-refractivity contribution in [1.82, 2.24) is 10.6 Å². The summed E-state index contributed by atoms with van der Waals surface area (Å²) >= 11 is 0. The summed E-state index contributed by atoms with van der Waals surface area (Å²) in [4.78, 5) is 40.5. The summed E-state index contributed by atoms with van der Waals surface area (Å²) in [6.45, 7) is 11.0. The largest absolute Gasteiger partial charge is 0.481 e. The number of carbonyl (C=O) groups excluding carboxylic acids is 3. The molecular weight excluding hydrogens is 617 g/mol. The molecule has 258 valence electrons. The van der Waals surface area contributed by atoms with Crippen molar-refractivity contribution in [3.63, 3.8) is 0 Å². The van der Waals surface area contributed by atoms with Gasteiger partial charge in [-0.1, -0.05) is 64.1 Å². The molecule has 2 bridgehead atoms. The molecule has 10 heteroatoms. The van der Waals surface area contributed by atoms with Gasteiger partial charge in [0.05, 0.1) is 23.6 Å². The third-order valence-corrected chi connectivity index (χ3v) is 10.8. The highest BCUT2D eigenvalue weighted by molar-refractivity contribution is 6.47. The molecule has 6 atom stereocenters. The molecule has 3 N–H and O–H groups in total. The van der Waals surface area contributed by atoms with Crippen molar-refractivity contribution in [2.24, 2.45) is 29.1 Å². The number of carbonyl (C=O) groups is 3. The van der Waals surface area contributed by atoms with Crippen LogP contribution < -0.4 is 20.7 Å². The molecule has 4 fully saturated rings. The molecule has 3 aromatic rings. The average molecular weight is 666 g/mol. The van der Waals surface area contributed by atoms with Crippen molar-refractivity contribution in [1.29, 1.82) is 0 Å². The predicted octanol–water partition coefficient (Wildman–Crippen LogP) is 7.29. The Morgan fingerprint density at radius 3 is 2.20 bits per heavy atom. The summed E-state index contributed by atoms with van der Waals surface area (Å²) < 4.78 is 19.2. The molecule has 3 amide bonds. The van der Waals surface area contributed by atoms with Crippen molar-refractivity contribution < 1.29 is 28.4 Å². The monoisotopic (exact) mass is 665 g/mol. The summed E-state index contributed by atoms with van der Waals surface area (Å²) in [5, 5.41) is 8.80. The topological polar surface area (TPSA) is 115 Å². The SMILES string of the molecule is CC(C)C[C@H](NC(=O)[C@H](CNC(=O)Nc1ccccc1)CC(=O)c1ccc(Oc2ccccc2)cc1)B1O[C@@H]2C[C@H]3C[C@H](C3(C)C)[C@]2(C)O1. The van der Waals surface area contributed by atoms with Crippen LogP contribution in [-0.4, -0.2) is 49.0 Å². The maximum absolute atomic E-state index is 14.1. The first kappa shape index (κ1) is 34.7. The van der Waals surface area contributed by atoms with E-state index < -0.39 is 30.6 Å². The second-order valence-corrected chi connectivity index (χ2v) is 15.0. The molecule has 3 saturated carbocycles. The van der Waals surface area contributed by atoms with E-state index in [9.17, 15) is 14.4 Å². The van der Waals surface area contributed by atoms with E-state index in [1.54, 1.807) is 36.4 Å². The third-order valence-electron chi connectivity index (χ3n) is 10.8. The smallest absolute Gasteiger partial charge is 0.457 e. The molecule has 0 radical (unpaired) electrons. The first-order chi connectivity index (χ1) is 23.4. The highest BCUT2D eigenvalue weighted by atomic mass is 16.7. The van der Waals surface area contributed by atoms with E-state index in [2.05, 4.69) is 50.6 Å². The number of para-hydroxylation sites is 2. The number of rotatable bonds is 13. The highest BCUT2D eigenvalue weighted by Crippen LogP contribution is 2.65. The molecular formula is C39H48BN3O6. The van der Waals surface area contributed by atoms with Crippen LogP contribution in [0.2, 0.25) is 0 Å². The van der Waals surface area contributed by atoms with Crippen LogP contribution in [-0.2, 0) is 14.1 Å². The quantitative estimate of drug-likeness (QED) is 0.131. The molecule has 3 aromatic carbocycles. The predicted molar refractivity (Wildman–Crippen MR) is 190 cm³/mol. The fourth-order valence-electron chi connectivity index (χ4n) is 7.96. The molecule has 9 nitrogen and oxygen atoms in total. The zero-order valence-corrected chi connectivity index (χ0v) is 29.1. The van der Waals surface area contributed by atoms with Crippen molar-refractivity contribution in [3.05, 3.63) is 90.5 Å². The maximum Gasteiger partial charge on any atom is 0.481 e. The van der Waals surface area contributed by atoms with E-state index in [0.29, 0.717) is 41.0 Å². The zero-order valence-electron chi connectivity index (χ0n) is 29.1. The second kappa shape index (κ2) is 14.4. The van der Waals surface area contributed by atoms with Gasteiger partial charge in [-0.3, -0.25) is 9.59 Å². The minimum atomic E-state index is -0.838. The van der Waals surface area contributed by atoms with E-state index in [1.165, 1.54) is 0 Å². The van der Waals surface area contributed by atoms with Crippen LogP contribution in [0.5, 0.6) is 11.5 Å². The Morgan fingerprint density at radius 2 is 1.55 bits per heavy atom. The van der Waals surface area contributed by atoms with Crippen molar-refractivity contribution in [2.75, 3.05) is 11.9 Å². The number of hydrogen-bond acceptors (Lipinski definition) is 6. The van der Waals surface area contributed by atoms with Gasteiger partial charge in [0.15, 0.2) is 5.78 Å². The Labute approximate surface area is 290 Å². The van der Waals surface area contributed by atoms with Crippen molar-refractivity contribution in [3.8, 4) is 11.5 Å². The molecule has 0 aromatic heterocycles. The van der Waals surface area contributed by atoms with Crippen LogP contribution >= 0.6 is 0 Å². The minimum Gasteiger partial charge on any atom is -0.457 e. The van der Waals surface area contributed by atoms with E-state index in [0.717, 1.165) is 12.8 Å². The number of ketones is 1. The third kappa shape index (κ3) is 7.71. The van der Waals surface area contributed by atoms with Gasteiger partial charge >= 0.3 is 13.1 Å². The number of nitrogens with one attached hydrogen (secondary N) is 3. The number of benzene rings is 3. The van der Waals surface area contributed by atoms with E-state index in [1.807, 2.05) is 48.5 Å². The molecule has 49 heavy (non-hydrogen) atoms. The lowest BCUT2D eigenvalue weighted by Crippen LogP contribution is -2.65. The lowest BCUT2D eigenvalue weighted by Gasteiger charge is -2.64. The van der Waals surface area contributed by atoms with Crippen LogP contribution in [0, 0.1) is 29.1 Å². The van der Waals surface area contributed by atoms with Crippen LogP contribution in [0.15, 0.2) is 84.9 Å². The summed E-state index contributed by atoms with van der Waals surface area (Å²) in [5.41, 5.74) is 0.861. The van der Waals surface area contributed by atoms with E-state index in [4.69, 9.17) is 14.0 Å². The van der Waals surface area contributed by atoms with Crippen molar-refractivity contribution in [2.45, 2.75) is 77.9 Å². The molecule has 0 unspecified atom stereocenters. The van der Waals surface area contributed by atoms with Crippen LogP contribution in [0.3, 0.4) is 0 Å². The van der Waals surface area contributed by atoms with Crippen molar-refractivity contribution >= 4 is 30.5 Å². The molecule has 1 heterocycles. The number of ether oxygens (including phenoxy) is 1. The van der Waals surface area contributed by atoms with Gasteiger partial charge in [-0.25, -0.2) is 4.79 Å². The fourth-order valence-corrected chi connectivity index (χ4v) is 7.96. The second-order valence-electron chi connectivity index (χ2n) is 15.0. The summed E-state index contributed by atoms with van der Waals surface area (Å²) in [7, 11) is -0.598. The Balaban J connectivity index is 1.15. The van der Waals surface area contributed by atoms with Crippen LogP contribution in [0.1, 0.15) is 70.7 Å². The molecule has 1 saturated heterocycles. The van der Waals surface area contributed by atoms with E-state index in [-0.39, 0.29) is 42.1 Å². The number of urea groups is 1. The normalized spacial score (nSPS) is 24.6. The molecule has 4 aliphatic rings.